The Morgan fingerprint density at radius 3 is 2.55 bits per heavy atom. The Hall–Kier alpha value is -1.68. The normalized spacial score (nSPS) is 26.8. The highest BCUT2D eigenvalue weighted by atomic mass is 16.4. The van der Waals surface area contributed by atoms with Gasteiger partial charge in [0.05, 0.1) is 0 Å². The van der Waals surface area contributed by atoms with Crippen molar-refractivity contribution in [1.82, 2.24) is 0 Å². The van der Waals surface area contributed by atoms with Gasteiger partial charge in [0.2, 0.25) is 0 Å². The van der Waals surface area contributed by atoms with Crippen LogP contribution in [0.2, 0.25) is 0 Å². The lowest BCUT2D eigenvalue weighted by Gasteiger charge is -2.44. The average Bonchev–Trinajstić information content (AvgIpc) is 2.30. The lowest BCUT2D eigenvalue weighted by molar-refractivity contribution is -0.131. The van der Waals surface area contributed by atoms with E-state index >= 15 is 0 Å². The number of aliphatic carboxylic acids is 1. The number of hydrogen-bond donors (Lipinski definition) is 2. The molecule has 0 heterocycles. The van der Waals surface area contributed by atoms with Crippen molar-refractivity contribution in [3.63, 3.8) is 0 Å². The summed E-state index contributed by atoms with van der Waals surface area (Å²) in [6, 6.07) is 0. The summed E-state index contributed by atoms with van der Waals surface area (Å²) in [5.74, 6) is -1.01. The summed E-state index contributed by atoms with van der Waals surface area (Å²) in [6.07, 6.45) is 6.61. The van der Waals surface area contributed by atoms with Crippen LogP contribution in [0.25, 0.3) is 0 Å². The molecule has 0 aromatic rings. The highest BCUT2D eigenvalue weighted by molar-refractivity contribution is 5.93. The number of carbonyl (C=O) groups excluding carboxylic acids is 1. The van der Waals surface area contributed by atoms with Gasteiger partial charge in [-0.25, -0.2) is 4.79 Å². The molecule has 1 aliphatic rings. The molecule has 1 rings (SSSR count). The van der Waals surface area contributed by atoms with Crippen molar-refractivity contribution in [2.45, 2.75) is 46.1 Å². The first-order chi connectivity index (χ1) is 9.12. The Labute approximate surface area is 119 Å². The summed E-state index contributed by atoms with van der Waals surface area (Å²) in [5.41, 5.74) is -0.653. The summed E-state index contributed by atoms with van der Waals surface area (Å²) in [6.45, 7) is 7.23. The molecule has 0 aromatic carbocycles. The third-order valence-electron chi connectivity index (χ3n) is 3.79. The van der Waals surface area contributed by atoms with Gasteiger partial charge in [-0.1, -0.05) is 26.8 Å². The van der Waals surface area contributed by atoms with Gasteiger partial charge in [-0.05, 0) is 36.6 Å². The van der Waals surface area contributed by atoms with Gasteiger partial charge in [0.25, 0.3) is 0 Å². The van der Waals surface area contributed by atoms with E-state index in [2.05, 4.69) is 0 Å². The van der Waals surface area contributed by atoms with E-state index in [1.807, 2.05) is 20.8 Å². The van der Waals surface area contributed by atoms with E-state index in [4.69, 9.17) is 5.11 Å². The second kappa shape index (κ2) is 5.75. The minimum Gasteiger partial charge on any atom is -0.478 e. The monoisotopic (exact) mass is 278 g/mol. The summed E-state index contributed by atoms with van der Waals surface area (Å²) >= 11 is 0. The predicted molar refractivity (Wildman–Crippen MR) is 77.3 cm³/mol. The fraction of sp³-hybridized carbons (Fsp3) is 0.500. The maximum atomic E-state index is 11.7. The van der Waals surface area contributed by atoms with Gasteiger partial charge in [0, 0.05) is 17.9 Å². The van der Waals surface area contributed by atoms with E-state index in [0.717, 1.165) is 6.08 Å². The first-order valence-electron chi connectivity index (χ1n) is 6.69. The molecule has 110 valence electrons. The van der Waals surface area contributed by atoms with Crippen LogP contribution in [0.4, 0.5) is 0 Å². The molecule has 0 saturated heterocycles. The standard InChI is InChI=1S/C16H22O4/c1-5-12-9-13(17)10-15(3,4)16(12,20)7-6-11(2)8-14(18)19/h6-9,20H,5,10H2,1-4H3,(H,18,19)/b7-6+,11-8-/t16-/m1/s1. The molecule has 4 nitrogen and oxygen atoms in total. The number of ketones is 1. The van der Waals surface area contributed by atoms with Crippen molar-refractivity contribution >= 4 is 11.8 Å². The maximum absolute atomic E-state index is 11.7. The number of aliphatic hydroxyl groups is 1. The van der Waals surface area contributed by atoms with E-state index in [1.54, 1.807) is 19.1 Å². The van der Waals surface area contributed by atoms with Crippen molar-refractivity contribution in [3.05, 3.63) is 35.5 Å². The predicted octanol–water partition coefficient (Wildman–Crippen LogP) is 2.64. The third-order valence-corrected chi connectivity index (χ3v) is 3.79. The van der Waals surface area contributed by atoms with Crippen LogP contribution in [0.3, 0.4) is 0 Å². The summed E-state index contributed by atoms with van der Waals surface area (Å²) in [5, 5.41) is 19.7. The molecule has 0 aromatic heterocycles. The van der Waals surface area contributed by atoms with Gasteiger partial charge in [0.15, 0.2) is 5.78 Å². The fourth-order valence-corrected chi connectivity index (χ4v) is 2.56. The van der Waals surface area contributed by atoms with Crippen LogP contribution in [-0.2, 0) is 9.59 Å². The number of hydrogen-bond acceptors (Lipinski definition) is 3. The highest BCUT2D eigenvalue weighted by Gasteiger charge is 2.47. The minimum atomic E-state index is -1.23. The molecule has 2 N–H and O–H groups in total. The van der Waals surface area contributed by atoms with E-state index in [1.165, 1.54) is 6.08 Å². The van der Waals surface area contributed by atoms with Crippen molar-refractivity contribution in [1.29, 1.82) is 0 Å². The Morgan fingerprint density at radius 1 is 1.45 bits per heavy atom. The first-order valence-corrected chi connectivity index (χ1v) is 6.69. The minimum absolute atomic E-state index is 0.0164. The summed E-state index contributed by atoms with van der Waals surface area (Å²) in [4.78, 5) is 22.3. The lowest BCUT2D eigenvalue weighted by atomic mass is 9.63. The van der Waals surface area contributed by atoms with E-state index in [-0.39, 0.29) is 12.2 Å². The molecule has 0 unspecified atom stereocenters. The van der Waals surface area contributed by atoms with Crippen molar-refractivity contribution in [2.75, 3.05) is 0 Å². The van der Waals surface area contributed by atoms with Crippen LogP contribution in [0.1, 0.15) is 40.5 Å². The van der Waals surface area contributed by atoms with Crippen molar-refractivity contribution in [3.8, 4) is 0 Å². The highest BCUT2D eigenvalue weighted by Crippen LogP contribution is 2.45. The number of carbonyl (C=O) groups is 2. The van der Waals surface area contributed by atoms with Crippen molar-refractivity contribution < 1.29 is 19.8 Å². The number of carboxylic acid groups (broad SMARTS) is 1. The van der Waals surface area contributed by atoms with Gasteiger partial charge < -0.3 is 10.2 Å². The van der Waals surface area contributed by atoms with Crippen LogP contribution in [0.15, 0.2) is 35.5 Å². The van der Waals surface area contributed by atoms with E-state index in [9.17, 15) is 14.7 Å². The molecule has 20 heavy (non-hydrogen) atoms. The Bertz CT molecular complexity index is 509. The smallest absolute Gasteiger partial charge is 0.328 e. The van der Waals surface area contributed by atoms with Crippen molar-refractivity contribution in [2.24, 2.45) is 5.41 Å². The quantitative estimate of drug-likeness (QED) is 0.612. The molecule has 1 aliphatic carbocycles. The number of rotatable bonds is 4. The maximum Gasteiger partial charge on any atom is 0.328 e. The molecule has 0 amide bonds. The van der Waals surface area contributed by atoms with Gasteiger partial charge in [-0.3, -0.25) is 4.79 Å². The molecule has 0 saturated carbocycles. The van der Waals surface area contributed by atoms with Crippen LogP contribution in [0.5, 0.6) is 0 Å². The van der Waals surface area contributed by atoms with Gasteiger partial charge >= 0.3 is 5.97 Å². The second-order valence-corrected chi connectivity index (χ2v) is 5.88. The number of allylic oxidation sites excluding steroid dienone is 3. The Kier molecular flexibility index (Phi) is 4.71. The zero-order valence-electron chi connectivity index (χ0n) is 12.4. The SMILES string of the molecule is CCC1=CC(=O)CC(C)(C)[C@@]1(O)/C=C/C(C)=C\C(=O)O. The summed E-state index contributed by atoms with van der Waals surface area (Å²) < 4.78 is 0. The van der Waals surface area contributed by atoms with Crippen LogP contribution in [-0.4, -0.2) is 27.6 Å². The zero-order valence-corrected chi connectivity index (χ0v) is 12.4. The largest absolute Gasteiger partial charge is 0.478 e. The molecule has 0 bridgehead atoms. The fourth-order valence-electron chi connectivity index (χ4n) is 2.56. The Morgan fingerprint density at radius 2 is 2.05 bits per heavy atom. The topological polar surface area (TPSA) is 74.6 Å². The van der Waals surface area contributed by atoms with E-state index < -0.39 is 17.0 Å². The third kappa shape index (κ3) is 3.25. The molecule has 0 radical (unpaired) electrons. The first kappa shape index (κ1) is 16.4. The van der Waals surface area contributed by atoms with Gasteiger partial charge in [0.1, 0.15) is 5.60 Å². The van der Waals surface area contributed by atoms with Crippen LogP contribution < -0.4 is 0 Å². The van der Waals surface area contributed by atoms with Crippen LogP contribution in [0, 0.1) is 5.41 Å². The molecule has 1 atom stereocenters. The Balaban J connectivity index is 3.22. The molecule has 4 heteroatoms. The molecule has 0 fully saturated rings. The average molecular weight is 278 g/mol. The van der Waals surface area contributed by atoms with Gasteiger partial charge in [-0.15, -0.1) is 0 Å². The van der Waals surface area contributed by atoms with E-state index in [0.29, 0.717) is 17.6 Å². The molecular weight excluding hydrogens is 256 g/mol. The lowest BCUT2D eigenvalue weighted by Crippen LogP contribution is -2.48. The molecule has 0 spiro atoms. The zero-order chi connectivity index (χ0) is 15.6. The summed E-state index contributed by atoms with van der Waals surface area (Å²) in [7, 11) is 0. The molecular formula is C16H22O4. The van der Waals surface area contributed by atoms with Crippen LogP contribution >= 0.6 is 0 Å². The number of carboxylic acids is 1. The second-order valence-electron chi connectivity index (χ2n) is 5.88. The van der Waals surface area contributed by atoms with Gasteiger partial charge in [-0.2, -0.15) is 0 Å². The molecule has 0 aliphatic heterocycles.